The van der Waals surface area contributed by atoms with Gasteiger partial charge >= 0.3 is 5.97 Å². The second-order valence-electron chi connectivity index (χ2n) is 8.34. The number of aromatic amines is 1. The van der Waals surface area contributed by atoms with Crippen LogP contribution in [0.15, 0.2) is 60.9 Å². The number of pyridine rings is 1. The van der Waals surface area contributed by atoms with Crippen LogP contribution in [0, 0.1) is 11.3 Å². The van der Waals surface area contributed by atoms with Crippen LogP contribution >= 0.6 is 0 Å². The first kappa shape index (κ1) is 20.7. The summed E-state index contributed by atoms with van der Waals surface area (Å²) < 4.78 is 0. The van der Waals surface area contributed by atoms with Crippen molar-refractivity contribution in [3.63, 3.8) is 0 Å². The van der Waals surface area contributed by atoms with E-state index < -0.39 is 5.97 Å². The fourth-order valence-corrected chi connectivity index (χ4v) is 4.32. The lowest BCUT2D eigenvalue weighted by molar-refractivity contribution is 0.0697. The Morgan fingerprint density at radius 3 is 2.45 bits per heavy atom. The first-order valence-corrected chi connectivity index (χ1v) is 10.8. The number of fused-ring (bicyclic) bond motifs is 1. The van der Waals surface area contributed by atoms with Gasteiger partial charge in [0.05, 0.1) is 16.8 Å². The van der Waals surface area contributed by atoms with Gasteiger partial charge in [0.1, 0.15) is 11.7 Å². The lowest BCUT2D eigenvalue weighted by Crippen LogP contribution is -2.44. The summed E-state index contributed by atoms with van der Waals surface area (Å²) in [6, 6.07) is 17.3. The average molecular weight is 438 g/mol. The van der Waals surface area contributed by atoms with Gasteiger partial charge in [-0.1, -0.05) is 18.2 Å². The van der Waals surface area contributed by atoms with Crippen LogP contribution in [0.3, 0.4) is 0 Å². The molecule has 2 aromatic carbocycles. The lowest BCUT2D eigenvalue weighted by Gasteiger charge is -2.34. The number of aromatic carboxylic acids is 1. The number of nitrogens with one attached hydrogen (secondary N) is 1. The number of piperazine rings is 1. The number of anilines is 1. The number of nitriles is 1. The number of hydrogen-bond acceptors (Lipinski definition) is 5. The molecular weight excluding hydrogens is 414 g/mol. The molecule has 0 unspecified atom stereocenters. The summed E-state index contributed by atoms with van der Waals surface area (Å²) >= 11 is 0. The van der Waals surface area contributed by atoms with E-state index in [-0.39, 0.29) is 5.56 Å². The van der Waals surface area contributed by atoms with E-state index in [4.69, 9.17) is 5.11 Å². The monoisotopic (exact) mass is 437 g/mol. The zero-order chi connectivity index (χ0) is 22.9. The maximum atomic E-state index is 11.2. The molecule has 0 amide bonds. The molecule has 7 heteroatoms. The Morgan fingerprint density at radius 1 is 1.03 bits per heavy atom. The van der Waals surface area contributed by atoms with Crippen LogP contribution in [0.1, 0.15) is 15.9 Å². The fourth-order valence-electron chi connectivity index (χ4n) is 4.32. The number of benzene rings is 2. The van der Waals surface area contributed by atoms with Crippen molar-refractivity contribution in [3.8, 4) is 28.3 Å². The molecule has 2 N–H and O–H groups in total. The summed E-state index contributed by atoms with van der Waals surface area (Å²) in [6.07, 6.45) is 3.69. The van der Waals surface area contributed by atoms with Gasteiger partial charge in [0.2, 0.25) is 0 Å². The van der Waals surface area contributed by atoms with Gasteiger partial charge in [-0.15, -0.1) is 0 Å². The van der Waals surface area contributed by atoms with Crippen LogP contribution in [0.2, 0.25) is 0 Å². The number of H-pyrrole nitrogens is 1. The van der Waals surface area contributed by atoms with E-state index in [1.165, 1.54) is 0 Å². The molecule has 2 aromatic heterocycles. The number of carboxylic acids is 1. The maximum absolute atomic E-state index is 11.2. The molecule has 0 spiro atoms. The van der Waals surface area contributed by atoms with Gasteiger partial charge in [0, 0.05) is 55.1 Å². The van der Waals surface area contributed by atoms with Gasteiger partial charge in [-0.2, -0.15) is 5.26 Å². The Labute approximate surface area is 191 Å². The largest absolute Gasteiger partial charge is 0.478 e. The number of aromatic nitrogens is 2. The van der Waals surface area contributed by atoms with E-state index in [0.29, 0.717) is 5.56 Å². The van der Waals surface area contributed by atoms with Crippen LogP contribution in [-0.2, 0) is 0 Å². The second kappa shape index (κ2) is 8.41. The van der Waals surface area contributed by atoms with Gasteiger partial charge in [-0.25, -0.2) is 9.78 Å². The molecule has 1 saturated heterocycles. The number of carbonyl (C=O) groups is 1. The molecule has 1 aliphatic heterocycles. The highest BCUT2D eigenvalue weighted by atomic mass is 16.4. The molecule has 0 radical (unpaired) electrons. The van der Waals surface area contributed by atoms with Crippen molar-refractivity contribution in [3.05, 3.63) is 72.1 Å². The quantitative estimate of drug-likeness (QED) is 0.496. The minimum atomic E-state index is -0.947. The average Bonchev–Trinajstić information content (AvgIpc) is 3.27. The zero-order valence-corrected chi connectivity index (χ0v) is 18.2. The topological polar surface area (TPSA) is 96.2 Å². The molecule has 0 atom stereocenters. The summed E-state index contributed by atoms with van der Waals surface area (Å²) in [6.45, 7) is 3.78. The van der Waals surface area contributed by atoms with Crippen LogP contribution < -0.4 is 4.90 Å². The zero-order valence-electron chi connectivity index (χ0n) is 18.2. The molecule has 3 heterocycles. The van der Waals surface area contributed by atoms with Crippen molar-refractivity contribution in [1.29, 1.82) is 5.26 Å². The van der Waals surface area contributed by atoms with Crippen molar-refractivity contribution in [2.45, 2.75) is 0 Å². The van der Waals surface area contributed by atoms with E-state index in [0.717, 1.165) is 65.2 Å². The Bertz CT molecular complexity index is 1380. The third-order valence-electron chi connectivity index (χ3n) is 6.27. The second-order valence-corrected chi connectivity index (χ2v) is 8.34. The maximum Gasteiger partial charge on any atom is 0.335 e. The molecule has 4 aromatic rings. The van der Waals surface area contributed by atoms with Crippen molar-refractivity contribution < 1.29 is 9.90 Å². The first-order valence-electron chi connectivity index (χ1n) is 10.8. The smallest absolute Gasteiger partial charge is 0.335 e. The SMILES string of the molecule is CN1CCN(c2ccc(-c3cnc4[nH]cc(-c5ccc(C(=O)O)cc5)c4c3)cc2C#N)CC1. The van der Waals surface area contributed by atoms with Gasteiger partial charge in [0.25, 0.3) is 0 Å². The fraction of sp³-hybridized carbons (Fsp3) is 0.192. The van der Waals surface area contributed by atoms with Gasteiger partial charge < -0.3 is 19.9 Å². The molecule has 1 aliphatic rings. The molecule has 0 saturated carbocycles. The lowest BCUT2D eigenvalue weighted by atomic mass is 9.99. The Balaban J connectivity index is 1.51. The van der Waals surface area contributed by atoms with E-state index in [1.54, 1.807) is 24.3 Å². The van der Waals surface area contributed by atoms with Crippen molar-refractivity contribution >= 4 is 22.7 Å². The van der Waals surface area contributed by atoms with Crippen LogP contribution in [0.25, 0.3) is 33.3 Å². The Morgan fingerprint density at radius 2 is 1.76 bits per heavy atom. The summed E-state index contributed by atoms with van der Waals surface area (Å²) in [5.74, 6) is -0.947. The summed E-state index contributed by atoms with van der Waals surface area (Å²) in [4.78, 5) is 23.5. The first-order chi connectivity index (χ1) is 16.0. The van der Waals surface area contributed by atoms with E-state index in [9.17, 15) is 10.1 Å². The van der Waals surface area contributed by atoms with Crippen LogP contribution in [0.4, 0.5) is 5.69 Å². The van der Waals surface area contributed by atoms with E-state index in [1.807, 2.05) is 30.6 Å². The predicted molar refractivity (Wildman–Crippen MR) is 128 cm³/mol. The molecule has 33 heavy (non-hydrogen) atoms. The molecular formula is C26H23N5O2. The van der Waals surface area contributed by atoms with Crippen molar-refractivity contribution in [1.82, 2.24) is 14.9 Å². The minimum Gasteiger partial charge on any atom is -0.478 e. The highest BCUT2D eigenvalue weighted by Gasteiger charge is 2.18. The van der Waals surface area contributed by atoms with E-state index >= 15 is 0 Å². The molecule has 164 valence electrons. The van der Waals surface area contributed by atoms with Crippen LogP contribution in [-0.4, -0.2) is 59.2 Å². The third kappa shape index (κ3) is 3.93. The van der Waals surface area contributed by atoms with Gasteiger partial charge in [0.15, 0.2) is 0 Å². The van der Waals surface area contributed by atoms with Crippen molar-refractivity contribution in [2.75, 3.05) is 38.1 Å². The van der Waals surface area contributed by atoms with Crippen molar-refractivity contribution in [2.24, 2.45) is 0 Å². The standard InChI is InChI=1S/C26H23N5O2/c1-30-8-10-31(11-9-30)24-7-6-19(12-20(24)14-27)21-13-22-23(16-29-25(22)28-15-21)17-2-4-18(5-3-17)26(32)33/h2-7,12-13,15-16H,8-11H2,1H3,(H,28,29)(H,32,33). The molecule has 0 bridgehead atoms. The molecule has 0 aliphatic carbocycles. The summed E-state index contributed by atoms with van der Waals surface area (Å²) in [5, 5.41) is 19.9. The third-order valence-corrected chi connectivity index (χ3v) is 6.27. The normalized spacial score (nSPS) is 14.4. The number of likely N-dealkylation sites (N-methyl/N-ethyl adjacent to an activating group) is 1. The number of nitrogens with zero attached hydrogens (tertiary/aromatic N) is 4. The Hall–Kier alpha value is -4.15. The summed E-state index contributed by atoms with van der Waals surface area (Å²) in [7, 11) is 2.12. The highest BCUT2D eigenvalue weighted by Crippen LogP contribution is 2.33. The number of carboxylic acid groups (broad SMARTS) is 1. The minimum absolute atomic E-state index is 0.252. The van der Waals surface area contributed by atoms with Gasteiger partial charge in [-0.3, -0.25) is 0 Å². The number of rotatable bonds is 4. The molecule has 7 nitrogen and oxygen atoms in total. The number of hydrogen-bond donors (Lipinski definition) is 2. The predicted octanol–water partition coefficient (Wildman–Crippen LogP) is 4.22. The highest BCUT2D eigenvalue weighted by molar-refractivity contribution is 5.96. The van der Waals surface area contributed by atoms with Crippen LogP contribution in [0.5, 0.6) is 0 Å². The Kier molecular flexibility index (Phi) is 5.29. The summed E-state index contributed by atoms with van der Waals surface area (Å²) in [5.41, 5.74) is 6.37. The van der Waals surface area contributed by atoms with E-state index in [2.05, 4.69) is 39.0 Å². The molecule has 5 rings (SSSR count). The van der Waals surface area contributed by atoms with Gasteiger partial charge in [-0.05, 0) is 48.5 Å². The molecule has 1 fully saturated rings.